The lowest BCUT2D eigenvalue weighted by atomic mass is 10.00. The van der Waals surface area contributed by atoms with Gasteiger partial charge in [0.25, 0.3) is 0 Å². The largest absolute Gasteiger partial charge is 0.465 e. The van der Waals surface area contributed by atoms with E-state index in [0.29, 0.717) is 35.0 Å². The number of allylic oxidation sites excluding steroid dienone is 2. The van der Waals surface area contributed by atoms with Crippen LogP contribution in [-0.4, -0.2) is 24.0 Å². The Morgan fingerprint density at radius 1 is 0.871 bits per heavy atom. The summed E-state index contributed by atoms with van der Waals surface area (Å²) in [6, 6.07) is 10.4. The van der Waals surface area contributed by atoms with E-state index in [1.807, 2.05) is 27.7 Å². The van der Waals surface area contributed by atoms with Crippen LogP contribution in [0, 0.1) is 0 Å². The Morgan fingerprint density at radius 2 is 1.45 bits per heavy atom. The van der Waals surface area contributed by atoms with Crippen LogP contribution in [0.3, 0.4) is 0 Å². The summed E-state index contributed by atoms with van der Waals surface area (Å²) in [5, 5.41) is 0. The molecular weight excluding hydrogens is 394 g/mol. The lowest BCUT2D eigenvalue weighted by molar-refractivity contribution is -0.113. The van der Waals surface area contributed by atoms with Crippen LogP contribution in [0.2, 0.25) is 0 Å². The summed E-state index contributed by atoms with van der Waals surface area (Å²) in [5.74, 6) is 1.19. The SMILES string of the molecule is CC.CC.CN1C(c2ccco2)=C(/C(C=O)=C\c2ccco2)C(=O)/C1=C\c1ccco1. The van der Waals surface area contributed by atoms with Gasteiger partial charge in [0.05, 0.1) is 35.8 Å². The number of rotatable bonds is 5. The standard InChI is InChI=1S/C21H15NO5.2C2H6/c1-22-17(12-16-6-3-9-26-16)21(24)19(20(22)18-7-4-10-27-18)14(13-23)11-15-5-2-8-25-15;2*1-2/h2-13H,1H3;2*1-2H3/b14-11-,17-12+;;. The maximum atomic E-state index is 13.2. The minimum atomic E-state index is -0.301. The maximum Gasteiger partial charge on any atom is 0.212 e. The van der Waals surface area contributed by atoms with Crippen LogP contribution < -0.4 is 0 Å². The Labute approximate surface area is 182 Å². The fourth-order valence-corrected chi connectivity index (χ4v) is 3.01. The second-order valence-electron chi connectivity index (χ2n) is 5.87. The third-order valence-electron chi connectivity index (χ3n) is 4.23. The maximum absolute atomic E-state index is 13.2. The first kappa shape index (κ1) is 23.5. The number of nitrogens with zero attached hydrogens (tertiary/aromatic N) is 1. The summed E-state index contributed by atoms with van der Waals surface area (Å²) in [6.07, 6.45) is 8.36. The number of Topliss-reactive ketones (excluding diaryl/α,β-unsaturated/α-hetero) is 1. The molecule has 1 aliphatic rings. The van der Waals surface area contributed by atoms with Crippen LogP contribution >= 0.6 is 0 Å². The third-order valence-corrected chi connectivity index (χ3v) is 4.23. The zero-order valence-corrected chi connectivity index (χ0v) is 18.4. The van der Waals surface area contributed by atoms with Gasteiger partial charge in [-0.05, 0) is 42.5 Å². The summed E-state index contributed by atoms with van der Waals surface area (Å²) in [6.45, 7) is 8.00. The van der Waals surface area contributed by atoms with Gasteiger partial charge < -0.3 is 18.2 Å². The lowest BCUT2D eigenvalue weighted by Crippen LogP contribution is -2.13. The van der Waals surface area contributed by atoms with Gasteiger partial charge >= 0.3 is 0 Å². The van der Waals surface area contributed by atoms with Crippen molar-refractivity contribution in [2.75, 3.05) is 7.05 Å². The molecule has 3 aromatic rings. The molecule has 0 atom stereocenters. The van der Waals surface area contributed by atoms with E-state index in [1.54, 1.807) is 54.4 Å². The average molecular weight is 421 g/mol. The highest BCUT2D eigenvalue weighted by Crippen LogP contribution is 2.38. The topological polar surface area (TPSA) is 76.8 Å². The van der Waals surface area contributed by atoms with Gasteiger partial charge in [-0.25, -0.2) is 0 Å². The normalized spacial score (nSPS) is 14.9. The minimum absolute atomic E-state index is 0.205. The molecule has 162 valence electrons. The molecule has 6 nitrogen and oxygen atoms in total. The molecule has 0 aliphatic carbocycles. The Morgan fingerprint density at radius 3 is 1.97 bits per heavy atom. The Bertz CT molecular complexity index is 1050. The number of carbonyl (C=O) groups is 2. The molecule has 0 aromatic carbocycles. The van der Waals surface area contributed by atoms with Crippen LogP contribution in [0.25, 0.3) is 17.8 Å². The van der Waals surface area contributed by atoms with Crippen molar-refractivity contribution in [2.45, 2.75) is 27.7 Å². The first-order chi connectivity index (χ1) is 15.2. The number of carbonyl (C=O) groups excluding carboxylic acids is 2. The van der Waals surface area contributed by atoms with Crippen LogP contribution in [-0.2, 0) is 9.59 Å². The van der Waals surface area contributed by atoms with Gasteiger partial charge in [-0.2, -0.15) is 0 Å². The van der Waals surface area contributed by atoms with Gasteiger partial charge in [-0.1, -0.05) is 27.7 Å². The second kappa shape index (κ2) is 11.4. The summed E-state index contributed by atoms with van der Waals surface area (Å²) < 4.78 is 16.1. The smallest absolute Gasteiger partial charge is 0.212 e. The van der Waals surface area contributed by atoms with E-state index in [4.69, 9.17) is 13.3 Å². The highest BCUT2D eigenvalue weighted by molar-refractivity contribution is 6.25. The van der Waals surface area contributed by atoms with Gasteiger partial charge in [0.2, 0.25) is 5.78 Å². The fourth-order valence-electron chi connectivity index (χ4n) is 3.01. The summed E-state index contributed by atoms with van der Waals surface area (Å²) in [7, 11) is 1.74. The van der Waals surface area contributed by atoms with Crippen molar-refractivity contribution in [3.8, 4) is 0 Å². The molecule has 0 saturated carbocycles. The highest BCUT2D eigenvalue weighted by Gasteiger charge is 2.37. The summed E-state index contributed by atoms with van der Waals surface area (Å²) in [4.78, 5) is 26.7. The van der Waals surface area contributed by atoms with E-state index in [-0.39, 0.29) is 16.9 Å². The molecule has 0 amide bonds. The molecule has 1 aliphatic heterocycles. The molecule has 0 unspecified atom stereocenters. The van der Waals surface area contributed by atoms with Crippen molar-refractivity contribution >= 4 is 29.9 Å². The monoisotopic (exact) mass is 421 g/mol. The highest BCUT2D eigenvalue weighted by atomic mass is 16.3. The minimum Gasteiger partial charge on any atom is -0.465 e. The average Bonchev–Trinajstić information content (AvgIpc) is 3.61. The second-order valence-corrected chi connectivity index (χ2v) is 5.87. The van der Waals surface area contributed by atoms with E-state index in [2.05, 4.69) is 0 Å². The molecule has 0 bridgehead atoms. The van der Waals surface area contributed by atoms with E-state index in [9.17, 15) is 9.59 Å². The summed E-state index contributed by atoms with van der Waals surface area (Å²) >= 11 is 0. The Hall–Kier alpha value is -3.80. The molecule has 6 heteroatoms. The summed E-state index contributed by atoms with van der Waals surface area (Å²) in [5.41, 5.74) is 1.33. The zero-order valence-electron chi connectivity index (χ0n) is 18.4. The first-order valence-electron chi connectivity index (χ1n) is 10.2. The number of ketones is 1. The number of furan rings is 3. The molecule has 0 radical (unpaired) electrons. The van der Waals surface area contributed by atoms with Crippen LogP contribution in [0.1, 0.15) is 45.0 Å². The lowest BCUT2D eigenvalue weighted by Gasteiger charge is -2.15. The predicted molar refractivity (Wildman–Crippen MR) is 121 cm³/mol. The molecule has 0 spiro atoms. The third kappa shape index (κ3) is 5.04. The molecule has 0 fully saturated rings. The van der Waals surface area contributed by atoms with Crippen molar-refractivity contribution in [2.24, 2.45) is 0 Å². The van der Waals surface area contributed by atoms with E-state index >= 15 is 0 Å². The van der Waals surface area contributed by atoms with E-state index in [1.165, 1.54) is 24.9 Å². The van der Waals surface area contributed by atoms with Gasteiger partial charge in [-0.3, -0.25) is 9.59 Å². The van der Waals surface area contributed by atoms with Crippen molar-refractivity contribution in [1.82, 2.24) is 4.90 Å². The fraction of sp³-hybridized carbons (Fsp3) is 0.200. The number of likely N-dealkylation sites (N-methyl/N-ethyl adjacent to an activating group) is 1. The molecule has 0 N–H and O–H groups in total. The number of aldehydes is 1. The zero-order chi connectivity index (χ0) is 22.8. The number of hydrogen-bond acceptors (Lipinski definition) is 6. The quantitative estimate of drug-likeness (QED) is 0.368. The van der Waals surface area contributed by atoms with Gasteiger partial charge in [0.15, 0.2) is 12.0 Å². The molecule has 0 saturated heterocycles. The van der Waals surface area contributed by atoms with Gasteiger partial charge in [0.1, 0.15) is 11.5 Å². The first-order valence-corrected chi connectivity index (χ1v) is 10.2. The predicted octanol–water partition coefficient (Wildman–Crippen LogP) is 6.07. The molecule has 3 aromatic heterocycles. The van der Waals surface area contributed by atoms with Gasteiger partial charge in [0, 0.05) is 18.7 Å². The van der Waals surface area contributed by atoms with Crippen LogP contribution in [0.5, 0.6) is 0 Å². The van der Waals surface area contributed by atoms with Crippen molar-refractivity contribution in [3.63, 3.8) is 0 Å². The van der Waals surface area contributed by atoms with Crippen LogP contribution in [0.15, 0.2) is 85.3 Å². The molecule has 4 rings (SSSR count). The van der Waals surface area contributed by atoms with Crippen molar-refractivity contribution < 1.29 is 22.8 Å². The van der Waals surface area contributed by atoms with Crippen molar-refractivity contribution in [3.05, 3.63) is 89.3 Å². The Balaban J connectivity index is 0.000000807. The molecule has 31 heavy (non-hydrogen) atoms. The van der Waals surface area contributed by atoms with Crippen molar-refractivity contribution in [1.29, 1.82) is 0 Å². The van der Waals surface area contributed by atoms with E-state index in [0.717, 1.165) is 0 Å². The molecular formula is C25H27NO5. The van der Waals surface area contributed by atoms with Crippen LogP contribution in [0.4, 0.5) is 0 Å². The van der Waals surface area contributed by atoms with E-state index < -0.39 is 0 Å². The molecule has 4 heterocycles. The van der Waals surface area contributed by atoms with Gasteiger partial charge in [-0.15, -0.1) is 0 Å². The number of hydrogen-bond donors (Lipinski definition) is 0. The Kier molecular flexibility index (Phi) is 8.64.